The number of halogens is 3. The van der Waals surface area contributed by atoms with Gasteiger partial charge in [0.15, 0.2) is 0 Å². The summed E-state index contributed by atoms with van der Waals surface area (Å²) in [7, 11) is -4.41. The van der Waals surface area contributed by atoms with Gasteiger partial charge in [-0.05, 0) is 42.8 Å². The van der Waals surface area contributed by atoms with Crippen molar-refractivity contribution in [2.24, 2.45) is 0 Å². The van der Waals surface area contributed by atoms with E-state index in [2.05, 4.69) is 10.6 Å². The molecular weight excluding hydrogens is 599 g/mol. The molecule has 0 aliphatic rings. The van der Waals surface area contributed by atoms with E-state index in [1.807, 2.05) is 11.6 Å². The number of nitrogens with one attached hydrogen (secondary N) is 3. The summed E-state index contributed by atoms with van der Waals surface area (Å²) in [5, 5.41) is 27.8. The third kappa shape index (κ3) is 8.25. The zero-order chi connectivity index (χ0) is 31.9. The molecule has 0 spiro atoms. The van der Waals surface area contributed by atoms with Crippen LogP contribution in [0.15, 0.2) is 65.6 Å². The van der Waals surface area contributed by atoms with E-state index in [1.165, 1.54) is 18.2 Å². The number of nitro groups is 2. The van der Waals surface area contributed by atoms with Crippen molar-refractivity contribution in [1.29, 1.82) is 0 Å². The minimum absolute atomic E-state index is 0.0305. The van der Waals surface area contributed by atoms with Gasteiger partial charge in [0, 0.05) is 24.1 Å². The van der Waals surface area contributed by atoms with Crippen molar-refractivity contribution in [3.8, 4) is 0 Å². The molecule has 0 radical (unpaired) electrons. The highest BCUT2D eigenvalue weighted by Crippen LogP contribution is 2.38. The molecule has 3 rings (SSSR count). The molecule has 0 bridgehead atoms. The van der Waals surface area contributed by atoms with Gasteiger partial charge in [0.2, 0.25) is 5.91 Å². The Kier molecular flexibility index (Phi) is 10.0. The first-order valence-electron chi connectivity index (χ1n) is 12.5. The molecule has 3 aromatic carbocycles. The van der Waals surface area contributed by atoms with Crippen LogP contribution >= 0.6 is 0 Å². The van der Waals surface area contributed by atoms with Crippen molar-refractivity contribution in [3.63, 3.8) is 0 Å². The number of nitrogens with zero attached hydrogens (tertiary/aromatic N) is 2. The molecule has 3 aromatic rings. The normalized spacial score (nSPS) is 11.4. The molecule has 0 saturated carbocycles. The van der Waals surface area contributed by atoms with Gasteiger partial charge in [0.1, 0.15) is 16.3 Å². The summed E-state index contributed by atoms with van der Waals surface area (Å²) in [5.74, 6) is -1.70. The van der Waals surface area contributed by atoms with E-state index in [0.29, 0.717) is 12.5 Å². The number of rotatable bonds is 12. The molecule has 0 aromatic heterocycles. The van der Waals surface area contributed by atoms with Crippen LogP contribution in [0, 0.1) is 20.2 Å². The first kappa shape index (κ1) is 32.5. The van der Waals surface area contributed by atoms with Crippen LogP contribution in [0.25, 0.3) is 0 Å². The number of anilines is 3. The van der Waals surface area contributed by atoms with Crippen molar-refractivity contribution in [2.75, 3.05) is 10.6 Å². The highest BCUT2D eigenvalue weighted by molar-refractivity contribution is 7.90. The van der Waals surface area contributed by atoms with Crippen molar-refractivity contribution in [3.05, 3.63) is 92.0 Å². The molecule has 0 atom stereocenters. The van der Waals surface area contributed by atoms with Gasteiger partial charge in [-0.25, -0.2) is 13.1 Å². The maximum atomic E-state index is 13.1. The number of hydrogen-bond donors (Lipinski definition) is 3. The second-order valence-corrected chi connectivity index (χ2v) is 10.7. The highest BCUT2D eigenvalue weighted by Gasteiger charge is 2.33. The predicted molar refractivity (Wildman–Crippen MR) is 148 cm³/mol. The summed E-state index contributed by atoms with van der Waals surface area (Å²) >= 11 is 0. The lowest BCUT2D eigenvalue weighted by Gasteiger charge is -2.14. The molecule has 0 unspecified atom stereocenters. The van der Waals surface area contributed by atoms with E-state index in [1.54, 1.807) is 0 Å². The summed E-state index contributed by atoms with van der Waals surface area (Å²) in [6.45, 7) is 1.91. The fraction of sp³-hybridized carbons (Fsp3) is 0.231. The van der Waals surface area contributed by atoms with Gasteiger partial charge in [0.25, 0.3) is 27.3 Å². The van der Waals surface area contributed by atoms with E-state index in [4.69, 9.17) is 0 Å². The zero-order valence-corrected chi connectivity index (χ0v) is 23.1. The number of unbranched alkanes of at least 4 members (excludes halogenated alkanes) is 2. The van der Waals surface area contributed by atoms with Crippen LogP contribution in [0.3, 0.4) is 0 Å². The van der Waals surface area contributed by atoms with Crippen molar-refractivity contribution in [2.45, 2.75) is 43.7 Å². The Morgan fingerprint density at radius 2 is 1.53 bits per heavy atom. The van der Waals surface area contributed by atoms with Gasteiger partial charge in [-0.15, -0.1) is 0 Å². The van der Waals surface area contributed by atoms with Gasteiger partial charge in [-0.3, -0.25) is 29.8 Å². The Bertz CT molecular complexity index is 1680. The molecule has 0 saturated heterocycles. The Morgan fingerprint density at radius 3 is 2.16 bits per heavy atom. The molecule has 43 heavy (non-hydrogen) atoms. The molecule has 0 aliphatic carbocycles. The summed E-state index contributed by atoms with van der Waals surface area (Å²) in [4.78, 5) is 45.8. The van der Waals surface area contributed by atoms with E-state index in [9.17, 15) is 51.4 Å². The fourth-order valence-electron chi connectivity index (χ4n) is 3.84. The number of carbonyl (C=O) groups is 2. The topological polar surface area (TPSA) is 191 Å². The van der Waals surface area contributed by atoms with Crippen LogP contribution < -0.4 is 15.4 Å². The predicted octanol–water partition coefficient (Wildman–Crippen LogP) is 5.90. The number of sulfonamides is 1. The summed E-state index contributed by atoms with van der Waals surface area (Å²) < 4.78 is 66.9. The van der Waals surface area contributed by atoms with Gasteiger partial charge < -0.3 is 10.6 Å². The largest absolute Gasteiger partial charge is 0.416 e. The van der Waals surface area contributed by atoms with Crippen LogP contribution in [-0.2, 0) is 21.0 Å². The van der Waals surface area contributed by atoms with Gasteiger partial charge in [-0.2, -0.15) is 13.2 Å². The molecule has 0 fully saturated rings. The summed E-state index contributed by atoms with van der Waals surface area (Å²) in [6, 6.07) is 9.48. The van der Waals surface area contributed by atoms with Crippen LogP contribution in [0.1, 0.15) is 48.5 Å². The molecule has 0 aliphatic heterocycles. The Morgan fingerprint density at radius 1 is 0.860 bits per heavy atom. The van der Waals surface area contributed by atoms with Crippen molar-refractivity contribution in [1.82, 2.24) is 4.72 Å². The van der Waals surface area contributed by atoms with E-state index < -0.39 is 71.1 Å². The van der Waals surface area contributed by atoms with Crippen LogP contribution in [-0.4, -0.2) is 30.1 Å². The zero-order valence-electron chi connectivity index (χ0n) is 22.3. The van der Waals surface area contributed by atoms with E-state index in [0.717, 1.165) is 43.2 Å². The number of nitro benzene ring substituents is 2. The summed E-state index contributed by atoms with van der Waals surface area (Å²) in [5.41, 5.74) is -4.52. The standard InChI is InChI=1S/C26H24F3N5O8S/c1-2-3-4-9-24(35)32-43(41,42)23-8-6-5-7-19(23)31-25(36)16-10-13-21(33(37)38)20(14-16)30-18-12-11-17(26(27,28)29)15-22(18)34(39)40/h5-8,10-15,30H,2-4,9H2,1H3,(H,31,36)(H,32,35). The minimum Gasteiger partial charge on any atom is -0.344 e. The first-order valence-corrected chi connectivity index (χ1v) is 14.0. The maximum absolute atomic E-state index is 13.1. The smallest absolute Gasteiger partial charge is 0.344 e. The Labute approximate surface area is 242 Å². The third-order valence-electron chi connectivity index (χ3n) is 5.93. The average molecular weight is 624 g/mol. The molecule has 17 heteroatoms. The van der Waals surface area contributed by atoms with Gasteiger partial charge >= 0.3 is 6.18 Å². The molecule has 2 amide bonds. The lowest BCUT2D eigenvalue weighted by molar-refractivity contribution is -0.384. The highest BCUT2D eigenvalue weighted by atomic mass is 32.2. The number of amides is 2. The average Bonchev–Trinajstić information content (AvgIpc) is 2.92. The monoisotopic (exact) mass is 623 g/mol. The second-order valence-electron chi connectivity index (χ2n) is 9.04. The summed E-state index contributed by atoms with van der Waals surface area (Å²) in [6.07, 6.45) is -2.91. The Balaban J connectivity index is 1.93. The number of alkyl halides is 3. The van der Waals surface area contributed by atoms with Crippen LogP contribution in [0.4, 0.5) is 41.6 Å². The van der Waals surface area contributed by atoms with E-state index in [-0.39, 0.29) is 23.7 Å². The third-order valence-corrected chi connectivity index (χ3v) is 7.36. The molecular formula is C26H24F3N5O8S. The maximum Gasteiger partial charge on any atom is 0.416 e. The lowest BCUT2D eigenvalue weighted by Crippen LogP contribution is -2.31. The van der Waals surface area contributed by atoms with Crippen LogP contribution in [0.5, 0.6) is 0 Å². The molecule has 228 valence electrons. The van der Waals surface area contributed by atoms with Gasteiger partial charge in [-0.1, -0.05) is 31.9 Å². The fourth-order valence-corrected chi connectivity index (χ4v) is 5.01. The molecule has 3 N–H and O–H groups in total. The van der Waals surface area contributed by atoms with E-state index >= 15 is 0 Å². The van der Waals surface area contributed by atoms with Crippen LogP contribution in [0.2, 0.25) is 0 Å². The molecule has 0 heterocycles. The second kappa shape index (κ2) is 13.3. The Hall–Kier alpha value is -5.06. The molecule has 13 nitrogen and oxygen atoms in total. The number of benzene rings is 3. The van der Waals surface area contributed by atoms with Gasteiger partial charge in [0.05, 0.1) is 21.1 Å². The number of hydrogen-bond acceptors (Lipinski definition) is 9. The van der Waals surface area contributed by atoms with Crippen molar-refractivity contribution >= 4 is 50.3 Å². The quantitative estimate of drug-likeness (QED) is 0.125. The minimum atomic E-state index is -4.89. The first-order chi connectivity index (χ1) is 20.1. The van der Waals surface area contributed by atoms with Crippen molar-refractivity contribution < 1.29 is 41.0 Å². The number of carbonyl (C=O) groups excluding carboxylic acids is 2. The SMILES string of the molecule is CCCCCC(=O)NS(=O)(=O)c1ccccc1NC(=O)c1ccc([N+](=O)[O-])c(Nc2ccc(C(F)(F)F)cc2[N+](=O)[O-])c1. The number of para-hydroxylation sites is 1. The lowest BCUT2D eigenvalue weighted by atomic mass is 10.1.